The molecule has 1 aromatic rings. The molecule has 0 saturated heterocycles. The maximum atomic E-state index is 12.8. The number of hydrogen-bond donors (Lipinski definition) is 1. The summed E-state index contributed by atoms with van der Waals surface area (Å²) in [5.41, 5.74) is 0.237. The molecule has 0 radical (unpaired) electrons. The average molecular weight is 230 g/mol. The highest BCUT2D eigenvalue weighted by molar-refractivity contribution is 5.74. The van der Waals surface area contributed by atoms with Crippen LogP contribution in [-0.4, -0.2) is 20.1 Å². The summed E-state index contributed by atoms with van der Waals surface area (Å²) in [7, 11) is 1.81. The molecule has 16 heavy (non-hydrogen) atoms. The summed E-state index contributed by atoms with van der Waals surface area (Å²) >= 11 is 0. The maximum Gasteiger partial charge on any atom is 0.418 e. The van der Waals surface area contributed by atoms with Gasteiger partial charge in [-0.15, -0.1) is 0 Å². The second-order valence-corrected chi connectivity index (χ2v) is 3.90. The van der Waals surface area contributed by atoms with Crippen molar-refractivity contribution in [2.75, 3.05) is 30.4 Å². The van der Waals surface area contributed by atoms with Gasteiger partial charge >= 0.3 is 6.18 Å². The van der Waals surface area contributed by atoms with Crippen LogP contribution in [0.2, 0.25) is 0 Å². The average Bonchev–Trinajstić information content (AvgIpc) is 2.39. The van der Waals surface area contributed by atoms with Crippen molar-refractivity contribution >= 4 is 11.4 Å². The Bertz CT molecular complexity index is 387. The SMILES string of the molecule is CN1CCCNc2c1cccc2C(F)(F)F. The number of nitrogens with zero attached hydrogens (tertiary/aromatic N) is 1. The molecule has 0 saturated carbocycles. The van der Waals surface area contributed by atoms with Crippen molar-refractivity contribution in [3.8, 4) is 0 Å². The summed E-state index contributed by atoms with van der Waals surface area (Å²) in [5.74, 6) is 0. The van der Waals surface area contributed by atoms with E-state index in [1.807, 2.05) is 11.9 Å². The molecule has 2 rings (SSSR count). The Morgan fingerprint density at radius 1 is 1.31 bits per heavy atom. The molecule has 0 unspecified atom stereocenters. The van der Waals surface area contributed by atoms with Gasteiger partial charge < -0.3 is 10.2 Å². The van der Waals surface area contributed by atoms with Gasteiger partial charge in [-0.25, -0.2) is 0 Å². The van der Waals surface area contributed by atoms with Gasteiger partial charge in [-0.3, -0.25) is 0 Å². The zero-order chi connectivity index (χ0) is 11.8. The number of benzene rings is 1. The van der Waals surface area contributed by atoms with E-state index < -0.39 is 11.7 Å². The van der Waals surface area contributed by atoms with E-state index in [0.29, 0.717) is 12.2 Å². The van der Waals surface area contributed by atoms with Crippen LogP contribution < -0.4 is 10.2 Å². The molecule has 0 aromatic heterocycles. The fourth-order valence-electron chi connectivity index (χ4n) is 1.93. The Morgan fingerprint density at radius 2 is 2.06 bits per heavy atom. The van der Waals surface area contributed by atoms with Crippen LogP contribution in [-0.2, 0) is 6.18 Å². The molecule has 2 nitrogen and oxygen atoms in total. The Morgan fingerprint density at radius 3 is 2.75 bits per heavy atom. The predicted molar refractivity (Wildman–Crippen MR) is 57.8 cm³/mol. The van der Waals surface area contributed by atoms with Gasteiger partial charge in [-0.2, -0.15) is 13.2 Å². The van der Waals surface area contributed by atoms with Gasteiger partial charge in [0.15, 0.2) is 0 Å². The molecule has 0 aliphatic carbocycles. The van der Waals surface area contributed by atoms with Gasteiger partial charge in [-0.05, 0) is 18.6 Å². The van der Waals surface area contributed by atoms with Crippen LogP contribution >= 0.6 is 0 Å². The summed E-state index contributed by atoms with van der Waals surface area (Å²) < 4.78 is 38.3. The summed E-state index contributed by atoms with van der Waals surface area (Å²) in [6.45, 7) is 1.34. The standard InChI is InChI=1S/C11H13F3N2/c1-16-7-3-6-15-10-8(11(12,13)14)4-2-5-9(10)16/h2,4-5,15H,3,6-7H2,1H3. The van der Waals surface area contributed by atoms with Gasteiger partial charge in [0, 0.05) is 20.1 Å². The fourth-order valence-corrected chi connectivity index (χ4v) is 1.93. The molecule has 0 atom stereocenters. The van der Waals surface area contributed by atoms with Crippen LogP contribution in [0, 0.1) is 0 Å². The van der Waals surface area contributed by atoms with E-state index in [9.17, 15) is 13.2 Å². The van der Waals surface area contributed by atoms with E-state index in [1.54, 1.807) is 6.07 Å². The lowest BCUT2D eigenvalue weighted by Crippen LogP contribution is -2.18. The van der Waals surface area contributed by atoms with Gasteiger partial charge in [0.25, 0.3) is 0 Å². The van der Waals surface area contributed by atoms with E-state index in [4.69, 9.17) is 0 Å². The van der Waals surface area contributed by atoms with Crippen molar-refractivity contribution in [1.82, 2.24) is 0 Å². The van der Waals surface area contributed by atoms with Gasteiger partial charge in [-0.1, -0.05) is 6.07 Å². The first kappa shape index (κ1) is 11.1. The van der Waals surface area contributed by atoms with Gasteiger partial charge in [0.05, 0.1) is 16.9 Å². The molecule has 1 heterocycles. The van der Waals surface area contributed by atoms with Crippen molar-refractivity contribution in [1.29, 1.82) is 0 Å². The van der Waals surface area contributed by atoms with E-state index in [2.05, 4.69) is 5.32 Å². The van der Waals surface area contributed by atoms with Crippen molar-refractivity contribution < 1.29 is 13.2 Å². The lowest BCUT2D eigenvalue weighted by atomic mass is 10.1. The second-order valence-electron chi connectivity index (χ2n) is 3.90. The number of alkyl halides is 3. The van der Waals surface area contributed by atoms with Crippen LogP contribution in [0.4, 0.5) is 24.5 Å². The first-order valence-corrected chi connectivity index (χ1v) is 5.15. The normalized spacial score (nSPS) is 16.4. The lowest BCUT2D eigenvalue weighted by molar-refractivity contribution is -0.136. The predicted octanol–water partition coefficient (Wildman–Crippen LogP) is 2.96. The van der Waals surface area contributed by atoms with Crippen molar-refractivity contribution in [3.05, 3.63) is 23.8 Å². The quantitative estimate of drug-likeness (QED) is 0.737. The number of rotatable bonds is 0. The third-order valence-corrected chi connectivity index (χ3v) is 2.73. The van der Waals surface area contributed by atoms with Crippen LogP contribution in [0.25, 0.3) is 0 Å². The highest BCUT2D eigenvalue weighted by Crippen LogP contribution is 2.40. The van der Waals surface area contributed by atoms with Crippen LogP contribution in [0.3, 0.4) is 0 Å². The monoisotopic (exact) mass is 230 g/mol. The van der Waals surface area contributed by atoms with Gasteiger partial charge in [0.1, 0.15) is 0 Å². The summed E-state index contributed by atoms with van der Waals surface area (Å²) in [6.07, 6.45) is -3.47. The zero-order valence-corrected chi connectivity index (χ0v) is 8.93. The molecule has 0 fully saturated rings. The molecular weight excluding hydrogens is 217 g/mol. The van der Waals surface area contributed by atoms with Gasteiger partial charge in [0.2, 0.25) is 0 Å². The Balaban J connectivity index is 2.53. The fraction of sp³-hybridized carbons (Fsp3) is 0.455. The lowest BCUT2D eigenvalue weighted by Gasteiger charge is -2.21. The van der Waals surface area contributed by atoms with Crippen LogP contribution in [0.5, 0.6) is 0 Å². The molecule has 5 heteroatoms. The summed E-state index contributed by atoms with van der Waals surface area (Å²) in [6, 6.07) is 4.28. The number of para-hydroxylation sites is 1. The van der Waals surface area contributed by atoms with Crippen molar-refractivity contribution in [2.24, 2.45) is 0 Å². The van der Waals surface area contributed by atoms with E-state index in [-0.39, 0.29) is 5.69 Å². The molecule has 0 bridgehead atoms. The van der Waals surface area contributed by atoms with Crippen LogP contribution in [0.1, 0.15) is 12.0 Å². The molecule has 1 N–H and O–H groups in total. The first-order valence-electron chi connectivity index (χ1n) is 5.15. The summed E-state index contributed by atoms with van der Waals surface area (Å²) in [5, 5.41) is 2.87. The Kier molecular flexibility index (Phi) is 2.69. The maximum absolute atomic E-state index is 12.8. The Hall–Kier alpha value is -1.39. The van der Waals surface area contributed by atoms with Crippen LogP contribution in [0.15, 0.2) is 18.2 Å². The molecule has 1 aliphatic rings. The topological polar surface area (TPSA) is 15.3 Å². The minimum atomic E-state index is -4.30. The number of halogens is 3. The van der Waals surface area contributed by atoms with E-state index >= 15 is 0 Å². The summed E-state index contributed by atoms with van der Waals surface area (Å²) in [4.78, 5) is 1.85. The molecule has 88 valence electrons. The van der Waals surface area contributed by atoms with Crippen molar-refractivity contribution in [3.63, 3.8) is 0 Å². The largest absolute Gasteiger partial charge is 0.418 e. The minimum Gasteiger partial charge on any atom is -0.383 e. The highest BCUT2D eigenvalue weighted by Gasteiger charge is 2.35. The molecular formula is C11H13F3N2. The third kappa shape index (κ3) is 1.94. The minimum absolute atomic E-state index is 0.204. The number of nitrogens with one attached hydrogen (secondary N) is 1. The molecule has 1 aliphatic heterocycles. The number of anilines is 2. The smallest absolute Gasteiger partial charge is 0.383 e. The zero-order valence-electron chi connectivity index (χ0n) is 8.93. The second kappa shape index (κ2) is 3.88. The number of fused-ring (bicyclic) bond motifs is 1. The Labute approximate surface area is 92.1 Å². The number of hydrogen-bond acceptors (Lipinski definition) is 2. The first-order chi connectivity index (χ1) is 7.50. The van der Waals surface area contributed by atoms with Crippen molar-refractivity contribution in [2.45, 2.75) is 12.6 Å². The molecule has 1 aromatic carbocycles. The molecule has 0 spiro atoms. The highest BCUT2D eigenvalue weighted by atomic mass is 19.4. The molecule has 0 amide bonds. The van der Waals surface area contributed by atoms with E-state index in [0.717, 1.165) is 19.0 Å². The third-order valence-electron chi connectivity index (χ3n) is 2.73. The van der Waals surface area contributed by atoms with E-state index in [1.165, 1.54) is 6.07 Å².